The molecule has 6 nitrogen and oxygen atoms in total. The third kappa shape index (κ3) is 3.59. The van der Waals surface area contributed by atoms with Crippen LogP contribution in [-0.2, 0) is 4.79 Å². The molecular weight excluding hydrogens is 442 g/mol. The second-order valence-electron chi connectivity index (χ2n) is 8.70. The number of fused-ring (bicyclic) bond motifs is 1. The van der Waals surface area contributed by atoms with Gasteiger partial charge in [-0.3, -0.25) is 9.59 Å². The SMILES string of the molecule is COc1cc(Cl)cc2cc(C(=O)C3=C(O)C(=O)N(C4CCCC4)C3c3cccc(C)c3)oc12. The number of nitrogens with zero attached hydrogens (tertiary/aromatic N) is 1. The minimum atomic E-state index is -0.674. The van der Waals surface area contributed by atoms with Crippen molar-refractivity contribution in [3.05, 3.63) is 75.7 Å². The van der Waals surface area contributed by atoms with Gasteiger partial charge in [-0.1, -0.05) is 54.3 Å². The van der Waals surface area contributed by atoms with Crippen molar-refractivity contribution in [3.8, 4) is 5.75 Å². The molecule has 7 heteroatoms. The van der Waals surface area contributed by atoms with Gasteiger partial charge in [-0.15, -0.1) is 0 Å². The lowest BCUT2D eigenvalue weighted by atomic mass is 9.93. The number of carbonyl (C=O) groups excluding carboxylic acids is 2. The Kier molecular flexibility index (Phi) is 5.41. The fourth-order valence-electron chi connectivity index (χ4n) is 5.06. The Morgan fingerprint density at radius 3 is 2.64 bits per heavy atom. The molecule has 1 N–H and O–H groups in total. The predicted molar refractivity (Wildman–Crippen MR) is 125 cm³/mol. The van der Waals surface area contributed by atoms with E-state index in [0.717, 1.165) is 36.8 Å². The van der Waals surface area contributed by atoms with Crippen LogP contribution in [0.25, 0.3) is 11.0 Å². The summed E-state index contributed by atoms with van der Waals surface area (Å²) in [4.78, 5) is 28.6. The molecule has 0 bridgehead atoms. The van der Waals surface area contributed by atoms with Crippen LogP contribution in [0, 0.1) is 6.92 Å². The minimum Gasteiger partial charge on any atom is -0.503 e. The maximum absolute atomic E-state index is 13.7. The summed E-state index contributed by atoms with van der Waals surface area (Å²) in [6.07, 6.45) is 3.73. The van der Waals surface area contributed by atoms with Gasteiger partial charge in [0.15, 0.2) is 22.9 Å². The van der Waals surface area contributed by atoms with Gasteiger partial charge in [0.1, 0.15) is 0 Å². The first-order chi connectivity index (χ1) is 15.9. The van der Waals surface area contributed by atoms with Gasteiger partial charge < -0.3 is 19.2 Å². The molecule has 1 unspecified atom stereocenters. The third-order valence-electron chi connectivity index (χ3n) is 6.56. The molecule has 1 aromatic heterocycles. The highest BCUT2D eigenvalue weighted by Crippen LogP contribution is 2.44. The van der Waals surface area contributed by atoms with Crippen LogP contribution in [0.15, 0.2) is 58.2 Å². The molecule has 2 heterocycles. The number of Topliss-reactive ketones (excluding diaryl/α,β-unsaturated/α-hetero) is 1. The number of aliphatic hydroxyl groups is 1. The number of aliphatic hydroxyl groups excluding tert-OH is 1. The van der Waals surface area contributed by atoms with E-state index in [2.05, 4.69) is 0 Å². The molecular formula is C26H24ClNO5. The van der Waals surface area contributed by atoms with E-state index in [-0.39, 0.29) is 17.4 Å². The number of aryl methyl sites for hydroxylation is 1. The quantitative estimate of drug-likeness (QED) is 0.473. The van der Waals surface area contributed by atoms with Crippen LogP contribution in [0.5, 0.6) is 5.75 Å². The first kappa shape index (κ1) is 21.6. The highest BCUT2D eigenvalue weighted by Gasteiger charge is 2.47. The van der Waals surface area contributed by atoms with Crippen LogP contribution < -0.4 is 4.74 Å². The molecule has 0 saturated heterocycles. The van der Waals surface area contributed by atoms with E-state index in [9.17, 15) is 14.7 Å². The van der Waals surface area contributed by atoms with Crippen molar-refractivity contribution in [2.45, 2.75) is 44.7 Å². The van der Waals surface area contributed by atoms with E-state index in [1.54, 1.807) is 23.1 Å². The summed E-state index contributed by atoms with van der Waals surface area (Å²) in [5.41, 5.74) is 2.23. The van der Waals surface area contributed by atoms with Gasteiger partial charge in [0.05, 0.1) is 18.7 Å². The van der Waals surface area contributed by atoms with Crippen LogP contribution in [-0.4, -0.2) is 34.8 Å². The number of hydrogen-bond acceptors (Lipinski definition) is 5. The Morgan fingerprint density at radius 2 is 1.94 bits per heavy atom. The average Bonchev–Trinajstić information content (AvgIpc) is 3.52. The molecule has 1 aliphatic carbocycles. The highest BCUT2D eigenvalue weighted by atomic mass is 35.5. The van der Waals surface area contributed by atoms with E-state index < -0.39 is 23.5 Å². The van der Waals surface area contributed by atoms with Gasteiger partial charge in [-0.05, 0) is 37.5 Å². The molecule has 1 amide bonds. The predicted octanol–water partition coefficient (Wildman–Crippen LogP) is 5.92. The molecule has 1 aliphatic heterocycles. The van der Waals surface area contributed by atoms with Crippen molar-refractivity contribution in [2.24, 2.45) is 0 Å². The van der Waals surface area contributed by atoms with Gasteiger partial charge in [0.25, 0.3) is 5.91 Å². The lowest BCUT2D eigenvalue weighted by molar-refractivity contribution is -0.131. The summed E-state index contributed by atoms with van der Waals surface area (Å²) < 4.78 is 11.2. The van der Waals surface area contributed by atoms with Gasteiger partial charge in [-0.25, -0.2) is 0 Å². The molecule has 1 fully saturated rings. The van der Waals surface area contributed by atoms with Crippen LogP contribution in [0.2, 0.25) is 5.02 Å². The Hall–Kier alpha value is -3.25. The lowest BCUT2D eigenvalue weighted by Crippen LogP contribution is -2.38. The first-order valence-corrected chi connectivity index (χ1v) is 11.4. The largest absolute Gasteiger partial charge is 0.503 e. The first-order valence-electron chi connectivity index (χ1n) is 11.0. The van der Waals surface area contributed by atoms with Gasteiger partial charge in [0.2, 0.25) is 5.78 Å². The highest BCUT2D eigenvalue weighted by molar-refractivity contribution is 6.31. The monoisotopic (exact) mass is 465 g/mol. The lowest BCUT2D eigenvalue weighted by Gasteiger charge is -2.32. The minimum absolute atomic E-state index is 0.0193. The smallest absolute Gasteiger partial charge is 0.290 e. The van der Waals surface area contributed by atoms with Crippen molar-refractivity contribution in [1.82, 2.24) is 4.90 Å². The zero-order valence-corrected chi connectivity index (χ0v) is 19.2. The fourth-order valence-corrected chi connectivity index (χ4v) is 5.28. The number of rotatable bonds is 5. The fraction of sp³-hybridized carbons (Fsp3) is 0.308. The average molecular weight is 466 g/mol. The van der Waals surface area contributed by atoms with E-state index in [4.69, 9.17) is 20.8 Å². The molecule has 0 spiro atoms. The zero-order chi connectivity index (χ0) is 23.3. The molecule has 2 aliphatic rings. The molecule has 3 aromatic rings. The van der Waals surface area contributed by atoms with E-state index >= 15 is 0 Å². The van der Waals surface area contributed by atoms with Gasteiger partial charge >= 0.3 is 0 Å². The number of halogens is 1. The molecule has 1 saturated carbocycles. The van der Waals surface area contributed by atoms with E-state index in [1.807, 2.05) is 31.2 Å². The molecule has 2 aromatic carbocycles. The Morgan fingerprint density at radius 1 is 1.18 bits per heavy atom. The summed E-state index contributed by atoms with van der Waals surface area (Å²) in [5, 5.41) is 12.0. The number of carbonyl (C=O) groups is 2. The number of amides is 1. The number of ether oxygens (including phenoxy) is 1. The summed E-state index contributed by atoms with van der Waals surface area (Å²) in [6, 6.07) is 11.9. The van der Waals surface area contributed by atoms with E-state index in [0.29, 0.717) is 21.7 Å². The molecule has 33 heavy (non-hydrogen) atoms. The topological polar surface area (TPSA) is 80.0 Å². The maximum atomic E-state index is 13.7. The second kappa shape index (κ2) is 8.27. The van der Waals surface area contributed by atoms with Crippen LogP contribution in [0.1, 0.15) is 53.4 Å². The number of hydrogen-bond donors (Lipinski definition) is 1. The number of furan rings is 1. The Labute approximate surface area is 196 Å². The van der Waals surface area contributed by atoms with Gasteiger partial charge in [0, 0.05) is 22.5 Å². The Balaban J connectivity index is 1.63. The van der Waals surface area contributed by atoms with Crippen LogP contribution >= 0.6 is 11.6 Å². The van der Waals surface area contributed by atoms with Crippen molar-refractivity contribution in [3.63, 3.8) is 0 Å². The summed E-state index contributed by atoms with van der Waals surface area (Å²) in [6.45, 7) is 1.96. The second-order valence-corrected chi connectivity index (χ2v) is 9.13. The standard InChI is InChI=1S/C26H24ClNO5/c1-14-6-5-7-15(10-14)22-21(24(30)26(31)28(22)18-8-3-4-9-18)23(29)19-12-16-11-17(27)13-20(32-2)25(16)33-19/h5-7,10-13,18,22,30H,3-4,8-9H2,1-2H3. The molecule has 5 rings (SSSR count). The molecule has 170 valence electrons. The Bertz CT molecular complexity index is 1300. The zero-order valence-electron chi connectivity index (χ0n) is 18.4. The van der Waals surface area contributed by atoms with Crippen molar-refractivity contribution in [2.75, 3.05) is 7.11 Å². The summed E-state index contributed by atoms with van der Waals surface area (Å²) >= 11 is 6.16. The van der Waals surface area contributed by atoms with Crippen LogP contribution in [0.3, 0.4) is 0 Å². The van der Waals surface area contributed by atoms with Crippen LogP contribution in [0.4, 0.5) is 0 Å². The number of benzene rings is 2. The normalized spacial score (nSPS) is 19.2. The maximum Gasteiger partial charge on any atom is 0.290 e. The molecule has 1 atom stereocenters. The van der Waals surface area contributed by atoms with Crippen molar-refractivity contribution in [1.29, 1.82) is 0 Å². The van der Waals surface area contributed by atoms with Crippen molar-refractivity contribution < 1.29 is 23.8 Å². The number of methoxy groups -OCH3 is 1. The third-order valence-corrected chi connectivity index (χ3v) is 6.77. The van der Waals surface area contributed by atoms with Gasteiger partial charge in [-0.2, -0.15) is 0 Å². The number of ketones is 1. The molecule has 0 radical (unpaired) electrons. The van der Waals surface area contributed by atoms with E-state index in [1.165, 1.54) is 7.11 Å². The summed E-state index contributed by atoms with van der Waals surface area (Å²) in [7, 11) is 1.49. The van der Waals surface area contributed by atoms with Crippen molar-refractivity contribution >= 4 is 34.3 Å². The summed E-state index contributed by atoms with van der Waals surface area (Å²) in [5.74, 6) is -1.12.